The van der Waals surface area contributed by atoms with Crippen LogP contribution in [-0.4, -0.2) is 30.0 Å². The summed E-state index contributed by atoms with van der Waals surface area (Å²) < 4.78 is 54.9. The van der Waals surface area contributed by atoms with Crippen LogP contribution in [-0.2, 0) is 26.6 Å². The summed E-state index contributed by atoms with van der Waals surface area (Å²) in [5.41, 5.74) is -0.451. The molecule has 5 rings (SSSR count). The number of fused-ring (bicyclic) bond motifs is 2. The van der Waals surface area contributed by atoms with Crippen LogP contribution in [0.4, 0.5) is 8.78 Å². The van der Waals surface area contributed by atoms with E-state index in [1.807, 2.05) is 18.2 Å². The molecule has 1 aliphatic carbocycles. The van der Waals surface area contributed by atoms with Gasteiger partial charge in [0, 0.05) is 35.1 Å². The van der Waals surface area contributed by atoms with Gasteiger partial charge in [0.1, 0.15) is 17.5 Å². The van der Waals surface area contributed by atoms with Gasteiger partial charge in [-0.1, -0.05) is 30.0 Å². The smallest absolute Gasteiger partial charge is 0.194 e. The van der Waals surface area contributed by atoms with Gasteiger partial charge in [-0.2, -0.15) is 0 Å². The zero-order chi connectivity index (χ0) is 22.0. The number of carbonyl (C=O) groups is 1. The second-order valence-electron chi connectivity index (χ2n) is 7.92. The Hall–Kier alpha value is -3.31. The van der Waals surface area contributed by atoms with Crippen LogP contribution in [0.15, 0.2) is 53.7 Å². The number of Topliss-reactive ketones (excluding diaryl/α,β-unsaturated/α-hetero) is 1. The average molecular weight is 438 g/mol. The van der Waals surface area contributed by atoms with E-state index in [4.69, 9.17) is 0 Å². The van der Waals surface area contributed by atoms with E-state index in [0.29, 0.717) is 0 Å². The second-order valence-corrected chi connectivity index (χ2v) is 9.89. The Balaban J connectivity index is 1.50. The molecule has 2 atom stereocenters. The van der Waals surface area contributed by atoms with Crippen molar-refractivity contribution in [2.45, 2.75) is 29.3 Å². The summed E-state index contributed by atoms with van der Waals surface area (Å²) in [4.78, 5) is 16.8. The first-order valence-electron chi connectivity index (χ1n) is 9.57. The van der Waals surface area contributed by atoms with Crippen LogP contribution < -0.4 is 0 Å². The van der Waals surface area contributed by atoms with Gasteiger partial charge in [-0.3, -0.25) is 4.79 Å². The van der Waals surface area contributed by atoms with Gasteiger partial charge in [0.25, 0.3) is 0 Å². The minimum Gasteiger partial charge on any atom is -0.325 e. The number of ketones is 1. The fourth-order valence-corrected chi connectivity index (χ4v) is 4.86. The monoisotopic (exact) mass is 438 g/mol. The maximum Gasteiger partial charge on any atom is 0.194 e. The molecule has 0 amide bonds. The van der Waals surface area contributed by atoms with Crippen molar-refractivity contribution in [2.75, 3.05) is 6.26 Å². The molecule has 156 valence electrons. The van der Waals surface area contributed by atoms with Crippen molar-refractivity contribution in [1.82, 2.24) is 9.55 Å². The van der Waals surface area contributed by atoms with Crippen LogP contribution in [0, 0.1) is 23.5 Å². The molecule has 3 aromatic rings. The molecule has 0 N–H and O–H groups in total. The fraction of sp³-hybridized carbons (Fsp3) is 0.217. The summed E-state index contributed by atoms with van der Waals surface area (Å²) in [5.74, 6) is 3.37. The molecule has 0 saturated heterocycles. The van der Waals surface area contributed by atoms with Gasteiger partial charge in [0.15, 0.2) is 20.6 Å². The average Bonchev–Trinajstić information content (AvgIpc) is 3.19. The first kappa shape index (κ1) is 19.6. The molecule has 1 aliphatic heterocycles. The number of hydrogen-bond acceptors (Lipinski definition) is 4. The number of rotatable bonds is 2. The Kier molecular flexibility index (Phi) is 4.18. The third-order valence-corrected chi connectivity index (χ3v) is 6.81. The number of sulfone groups is 1. The van der Waals surface area contributed by atoms with Gasteiger partial charge in [-0.15, -0.1) is 0 Å². The molecule has 1 aromatic heterocycles. The Morgan fingerprint density at radius 1 is 1.10 bits per heavy atom. The van der Waals surface area contributed by atoms with Crippen molar-refractivity contribution in [3.05, 3.63) is 82.8 Å². The maximum absolute atomic E-state index is 14.9. The first-order valence-corrected chi connectivity index (χ1v) is 11.5. The summed E-state index contributed by atoms with van der Waals surface area (Å²) in [6.07, 6.45) is 2.52. The molecule has 1 spiro atoms. The highest BCUT2D eigenvalue weighted by atomic mass is 32.2. The number of halogens is 2. The fourth-order valence-electron chi connectivity index (χ4n) is 4.29. The lowest BCUT2D eigenvalue weighted by Crippen LogP contribution is -2.19. The van der Waals surface area contributed by atoms with E-state index in [-0.39, 0.29) is 40.7 Å². The van der Waals surface area contributed by atoms with Crippen LogP contribution in [0.3, 0.4) is 0 Å². The number of imidazole rings is 1. The molecule has 1 saturated carbocycles. The number of nitrogens with zero attached hydrogens (tertiary/aromatic N) is 2. The van der Waals surface area contributed by atoms with Gasteiger partial charge in [-0.25, -0.2) is 22.2 Å². The number of benzene rings is 2. The molecule has 5 nitrogen and oxygen atoms in total. The molecule has 2 unspecified atom stereocenters. The molecule has 1 fully saturated rings. The van der Waals surface area contributed by atoms with Crippen molar-refractivity contribution in [2.24, 2.45) is 0 Å². The van der Waals surface area contributed by atoms with E-state index in [1.165, 1.54) is 10.8 Å². The second kappa shape index (κ2) is 6.59. The lowest BCUT2D eigenvalue weighted by atomic mass is 9.94. The number of hydrogen-bond donors (Lipinski definition) is 0. The van der Waals surface area contributed by atoms with Crippen molar-refractivity contribution in [3.8, 4) is 11.8 Å². The standard InChI is InChI=1S/C23H16F2N2O3S/c1-31(29,30)20-13-27-12-19(28)23(22(27)26-20)11-16(23)21-17(24)9-15(10-18(21)25)8-7-14-5-3-2-4-6-14/h2-6,9-10,13,16H,11-12H2,1H3. The highest BCUT2D eigenvalue weighted by Crippen LogP contribution is 2.63. The number of aromatic nitrogens is 2. The van der Waals surface area contributed by atoms with E-state index in [2.05, 4.69) is 16.8 Å². The van der Waals surface area contributed by atoms with Crippen molar-refractivity contribution in [1.29, 1.82) is 0 Å². The Morgan fingerprint density at radius 3 is 2.39 bits per heavy atom. The zero-order valence-corrected chi connectivity index (χ0v) is 17.2. The van der Waals surface area contributed by atoms with Crippen LogP contribution >= 0.6 is 0 Å². The van der Waals surface area contributed by atoms with E-state index in [1.54, 1.807) is 12.1 Å². The minimum absolute atomic E-state index is 0.0573. The molecule has 2 aromatic carbocycles. The summed E-state index contributed by atoms with van der Waals surface area (Å²) in [6, 6.07) is 11.4. The highest BCUT2D eigenvalue weighted by molar-refractivity contribution is 7.90. The molecule has 31 heavy (non-hydrogen) atoms. The lowest BCUT2D eigenvalue weighted by Gasteiger charge is -2.09. The summed E-state index contributed by atoms with van der Waals surface area (Å²) in [5, 5.41) is -0.146. The predicted octanol–water partition coefficient (Wildman–Crippen LogP) is 2.97. The van der Waals surface area contributed by atoms with E-state index >= 15 is 0 Å². The SMILES string of the molecule is CS(=O)(=O)c1cn2c(n1)C1(CC1c1c(F)cc(C#Cc3ccccc3)cc1F)C(=O)C2. The quantitative estimate of drug-likeness (QED) is 0.577. The van der Waals surface area contributed by atoms with Gasteiger partial charge in [-0.05, 0) is 30.7 Å². The van der Waals surface area contributed by atoms with Crippen LogP contribution in [0.5, 0.6) is 0 Å². The topological polar surface area (TPSA) is 69.0 Å². The largest absolute Gasteiger partial charge is 0.325 e. The Morgan fingerprint density at radius 2 is 1.74 bits per heavy atom. The van der Waals surface area contributed by atoms with Crippen molar-refractivity contribution in [3.63, 3.8) is 0 Å². The molecule has 0 radical (unpaired) electrons. The Bertz CT molecular complexity index is 1390. The molecular weight excluding hydrogens is 422 g/mol. The van der Waals surface area contributed by atoms with Crippen molar-refractivity contribution >= 4 is 15.6 Å². The van der Waals surface area contributed by atoms with Gasteiger partial charge >= 0.3 is 0 Å². The van der Waals surface area contributed by atoms with E-state index in [0.717, 1.165) is 24.0 Å². The van der Waals surface area contributed by atoms with E-state index in [9.17, 15) is 22.0 Å². The van der Waals surface area contributed by atoms with Crippen LogP contribution in [0.1, 0.15) is 34.9 Å². The molecule has 2 aliphatic rings. The van der Waals surface area contributed by atoms with Crippen LogP contribution in [0.2, 0.25) is 0 Å². The minimum atomic E-state index is -3.56. The zero-order valence-electron chi connectivity index (χ0n) is 16.4. The third-order valence-electron chi connectivity index (χ3n) is 5.86. The predicted molar refractivity (Wildman–Crippen MR) is 108 cm³/mol. The molecule has 0 bridgehead atoms. The third kappa shape index (κ3) is 3.08. The maximum atomic E-state index is 14.9. The van der Waals surface area contributed by atoms with Gasteiger partial charge in [0.05, 0.1) is 12.0 Å². The van der Waals surface area contributed by atoms with Gasteiger partial charge in [0.2, 0.25) is 0 Å². The number of carbonyl (C=O) groups excluding carboxylic acids is 1. The van der Waals surface area contributed by atoms with Crippen molar-refractivity contribution < 1.29 is 22.0 Å². The molecule has 2 heterocycles. The first-order chi connectivity index (χ1) is 14.7. The Labute approximate surface area is 177 Å². The summed E-state index contributed by atoms with van der Waals surface area (Å²) in [6.45, 7) is -0.0573. The highest BCUT2D eigenvalue weighted by Gasteiger charge is 2.67. The van der Waals surface area contributed by atoms with Crippen LogP contribution in [0.25, 0.3) is 0 Å². The molecule has 8 heteroatoms. The molecular formula is C23H16F2N2O3S. The van der Waals surface area contributed by atoms with E-state index < -0.39 is 32.8 Å². The lowest BCUT2D eigenvalue weighted by molar-refractivity contribution is -0.120. The summed E-state index contributed by atoms with van der Waals surface area (Å²) >= 11 is 0. The normalized spacial score (nSPS) is 21.6. The summed E-state index contributed by atoms with van der Waals surface area (Å²) in [7, 11) is -3.56. The van der Waals surface area contributed by atoms with Gasteiger partial charge < -0.3 is 4.57 Å².